The second-order valence-corrected chi connectivity index (χ2v) is 6.32. The molecule has 2 rings (SSSR count). The fourth-order valence-corrected chi connectivity index (χ4v) is 3.11. The predicted molar refractivity (Wildman–Crippen MR) is 78.8 cm³/mol. The molecule has 0 amide bonds. The van der Waals surface area contributed by atoms with E-state index >= 15 is 0 Å². The van der Waals surface area contributed by atoms with Gasteiger partial charge in [-0.15, -0.1) is 0 Å². The summed E-state index contributed by atoms with van der Waals surface area (Å²) >= 11 is 1.55. The molecule has 0 aromatic heterocycles. The van der Waals surface area contributed by atoms with Crippen LogP contribution in [0.4, 0.5) is 0 Å². The molecular weight excluding hydrogens is 296 g/mol. The third-order valence-corrected chi connectivity index (χ3v) is 4.19. The Morgan fingerprint density at radius 3 is 2.86 bits per heavy atom. The number of nitrogens with zero attached hydrogens (tertiary/aromatic N) is 3. The number of hydrazine groups is 2. The molecule has 0 aromatic rings. The number of methoxy groups -OCH3 is 1. The quantitative estimate of drug-likeness (QED) is 0.587. The first-order valence-corrected chi connectivity index (χ1v) is 7.71. The average molecular weight is 318 g/mol. The van der Waals surface area contributed by atoms with E-state index in [4.69, 9.17) is 14.2 Å². The van der Waals surface area contributed by atoms with Crippen molar-refractivity contribution in [3.8, 4) is 0 Å². The summed E-state index contributed by atoms with van der Waals surface area (Å²) in [5.74, 6) is -0.243. The Balaban J connectivity index is 1.85. The number of hydrazone groups is 1. The Hall–Kier alpha value is -1.03. The Kier molecular flexibility index (Phi) is 5.31. The minimum absolute atomic E-state index is 0.00999. The van der Waals surface area contributed by atoms with Crippen LogP contribution in [0.5, 0.6) is 0 Å². The maximum atomic E-state index is 11.4. The molecule has 120 valence electrons. The SMILES string of the molecule is COC(=O)C[C@H]1C[C@@H](CSN2NN=CN2C)OC(C)(C)O1. The molecule has 1 saturated heterocycles. The number of carbonyl (C=O) groups excluding carboxylic acids is 1. The molecule has 8 nitrogen and oxygen atoms in total. The fourth-order valence-electron chi connectivity index (χ4n) is 2.27. The van der Waals surface area contributed by atoms with Gasteiger partial charge in [0.25, 0.3) is 0 Å². The van der Waals surface area contributed by atoms with Crippen molar-refractivity contribution in [3.05, 3.63) is 0 Å². The van der Waals surface area contributed by atoms with E-state index < -0.39 is 5.79 Å². The lowest BCUT2D eigenvalue weighted by atomic mass is 10.1. The van der Waals surface area contributed by atoms with E-state index in [1.54, 1.807) is 22.8 Å². The van der Waals surface area contributed by atoms with Crippen LogP contribution in [0.25, 0.3) is 0 Å². The summed E-state index contributed by atoms with van der Waals surface area (Å²) in [6, 6.07) is 0. The smallest absolute Gasteiger partial charge is 0.308 e. The van der Waals surface area contributed by atoms with Crippen LogP contribution >= 0.6 is 11.9 Å². The van der Waals surface area contributed by atoms with Gasteiger partial charge in [-0.05, 0) is 25.8 Å². The summed E-state index contributed by atoms with van der Waals surface area (Å²) in [4.78, 5) is 11.4. The van der Waals surface area contributed by atoms with Crippen LogP contribution in [0.15, 0.2) is 5.10 Å². The van der Waals surface area contributed by atoms with Gasteiger partial charge in [-0.25, -0.2) is 5.53 Å². The predicted octanol–water partition coefficient (Wildman–Crippen LogP) is 0.718. The summed E-state index contributed by atoms with van der Waals surface area (Å²) in [7, 11) is 3.28. The van der Waals surface area contributed by atoms with Gasteiger partial charge in [0.2, 0.25) is 0 Å². The number of rotatable bonds is 5. The van der Waals surface area contributed by atoms with Crippen molar-refractivity contribution in [1.29, 1.82) is 0 Å². The van der Waals surface area contributed by atoms with Crippen molar-refractivity contribution >= 4 is 24.3 Å². The molecule has 0 aromatic carbocycles. The molecule has 0 radical (unpaired) electrons. The molecule has 2 aliphatic rings. The van der Waals surface area contributed by atoms with Crippen molar-refractivity contribution in [3.63, 3.8) is 0 Å². The molecule has 9 heteroatoms. The van der Waals surface area contributed by atoms with Crippen LogP contribution in [0.3, 0.4) is 0 Å². The summed E-state index contributed by atoms with van der Waals surface area (Å²) in [5.41, 5.74) is 2.85. The summed E-state index contributed by atoms with van der Waals surface area (Å²) in [6.07, 6.45) is 2.39. The first-order chi connectivity index (χ1) is 9.89. The van der Waals surface area contributed by atoms with Gasteiger partial charge in [-0.1, -0.05) is 4.52 Å². The third kappa shape index (κ3) is 4.73. The maximum absolute atomic E-state index is 11.4. The van der Waals surface area contributed by atoms with Gasteiger partial charge in [0.1, 0.15) is 6.34 Å². The molecule has 21 heavy (non-hydrogen) atoms. The highest BCUT2D eigenvalue weighted by molar-refractivity contribution is 7.96. The normalized spacial score (nSPS) is 28.5. The second-order valence-electron chi connectivity index (χ2n) is 5.38. The van der Waals surface area contributed by atoms with Crippen molar-refractivity contribution < 1.29 is 19.0 Å². The summed E-state index contributed by atoms with van der Waals surface area (Å²) < 4.78 is 18.2. The van der Waals surface area contributed by atoms with Crippen LogP contribution in [-0.2, 0) is 19.0 Å². The van der Waals surface area contributed by atoms with E-state index in [9.17, 15) is 4.79 Å². The Bertz CT molecular complexity index is 407. The molecule has 2 atom stereocenters. The van der Waals surface area contributed by atoms with Gasteiger partial charge in [0.05, 0.1) is 25.7 Å². The van der Waals surface area contributed by atoms with Crippen molar-refractivity contribution in [2.24, 2.45) is 5.10 Å². The molecule has 0 saturated carbocycles. The van der Waals surface area contributed by atoms with Gasteiger partial charge in [-0.2, -0.15) is 5.10 Å². The van der Waals surface area contributed by atoms with Crippen molar-refractivity contribution in [2.45, 2.75) is 44.7 Å². The first kappa shape index (κ1) is 16.3. The summed E-state index contributed by atoms with van der Waals surface area (Å²) in [6.45, 7) is 3.72. The molecule has 0 aliphatic carbocycles. The van der Waals surface area contributed by atoms with Crippen LogP contribution in [0, 0.1) is 0 Å². The lowest BCUT2D eigenvalue weighted by Gasteiger charge is -2.40. The largest absolute Gasteiger partial charge is 0.469 e. The lowest BCUT2D eigenvalue weighted by molar-refractivity contribution is -0.295. The average Bonchev–Trinajstić information content (AvgIpc) is 2.80. The van der Waals surface area contributed by atoms with E-state index in [0.717, 1.165) is 5.75 Å². The molecule has 2 aliphatic heterocycles. The molecule has 0 bridgehead atoms. The number of carbonyl (C=O) groups is 1. The minimum Gasteiger partial charge on any atom is -0.469 e. The van der Waals surface area contributed by atoms with Gasteiger partial charge >= 0.3 is 5.97 Å². The zero-order chi connectivity index (χ0) is 15.5. The Labute approximate surface area is 128 Å². The van der Waals surface area contributed by atoms with Crippen molar-refractivity contribution in [2.75, 3.05) is 19.9 Å². The topological polar surface area (TPSA) is 75.6 Å². The highest BCUT2D eigenvalue weighted by Crippen LogP contribution is 2.30. The van der Waals surface area contributed by atoms with Gasteiger partial charge in [-0.3, -0.25) is 9.80 Å². The Morgan fingerprint density at radius 1 is 1.52 bits per heavy atom. The number of ether oxygens (including phenoxy) is 3. The van der Waals surface area contributed by atoms with Crippen LogP contribution in [0.1, 0.15) is 26.7 Å². The van der Waals surface area contributed by atoms with Gasteiger partial charge < -0.3 is 14.2 Å². The second kappa shape index (κ2) is 6.82. The third-order valence-electron chi connectivity index (χ3n) is 3.09. The highest BCUT2D eigenvalue weighted by Gasteiger charge is 2.37. The molecule has 1 N–H and O–H groups in total. The van der Waals surface area contributed by atoms with E-state index in [1.165, 1.54) is 7.11 Å². The molecular formula is C12H22N4O4S. The number of nitrogens with one attached hydrogen (secondary N) is 1. The van der Waals surface area contributed by atoms with Gasteiger partial charge in [0.15, 0.2) is 5.79 Å². The van der Waals surface area contributed by atoms with Crippen LogP contribution in [0.2, 0.25) is 0 Å². The van der Waals surface area contributed by atoms with E-state index in [2.05, 4.69) is 10.6 Å². The Morgan fingerprint density at radius 2 is 2.24 bits per heavy atom. The number of hydrogen-bond donors (Lipinski definition) is 1. The molecule has 0 spiro atoms. The maximum Gasteiger partial charge on any atom is 0.308 e. The lowest BCUT2D eigenvalue weighted by Crippen LogP contribution is -2.47. The highest BCUT2D eigenvalue weighted by atomic mass is 32.2. The summed E-state index contributed by atoms with van der Waals surface area (Å²) in [5, 5.41) is 5.77. The van der Waals surface area contributed by atoms with Gasteiger partial charge in [0, 0.05) is 19.2 Å². The van der Waals surface area contributed by atoms with Crippen molar-refractivity contribution in [1.82, 2.24) is 15.1 Å². The molecule has 2 heterocycles. The zero-order valence-electron chi connectivity index (χ0n) is 12.7. The first-order valence-electron chi connectivity index (χ1n) is 6.76. The van der Waals surface area contributed by atoms with E-state index in [1.807, 2.05) is 25.9 Å². The standard InChI is InChI=1S/C12H22N4O4S/c1-12(2)19-9(6-11(17)18-4)5-10(20-12)7-21-16-14-13-8-15(16)3/h8-10,14H,5-7H2,1-4H3/t9-,10+/m1/s1. The minimum atomic E-state index is -0.705. The number of hydrogen-bond acceptors (Lipinski definition) is 9. The van der Waals surface area contributed by atoms with Crippen LogP contribution < -0.4 is 5.53 Å². The molecule has 0 unspecified atom stereocenters. The number of esters is 1. The fraction of sp³-hybridized carbons (Fsp3) is 0.833. The zero-order valence-corrected chi connectivity index (χ0v) is 13.6. The van der Waals surface area contributed by atoms with E-state index in [-0.39, 0.29) is 24.6 Å². The van der Waals surface area contributed by atoms with E-state index in [0.29, 0.717) is 6.42 Å². The van der Waals surface area contributed by atoms with Crippen LogP contribution in [-0.4, -0.2) is 59.7 Å². The molecule has 1 fully saturated rings. The monoisotopic (exact) mass is 318 g/mol.